The van der Waals surface area contributed by atoms with Crippen molar-refractivity contribution in [2.24, 2.45) is 5.16 Å². The molecule has 0 aliphatic carbocycles. The van der Waals surface area contributed by atoms with Crippen LogP contribution in [0.1, 0.15) is 27.2 Å². The van der Waals surface area contributed by atoms with Crippen molar-refractivity contribution in [3.63, 3.8) is 0 Å². The van der Waals surface area contributed by atoms with Gasteiger partial charge in [0.1, 0.15) is 18.0 Å². The Morgan fingerprint density at radius 2 is 2.11 bits per heavy atom. The van der Waals surface area contributed by atoms with Gasteiger partial charge in [-0.1, -0.05) is 11.2 Å². The van der Waals surface area contributed by atoms with Crippen LogP contribution in [0.25, 0.3) is 0 Å². The molecule has 8 nitrogen and oxygen atoms in total. The van der Waals surface area contributed by atoms with Crippen molar-refractivity contribution in [3.05, 3.63) is 24.3 Å². The summed E-state index contributed by atoms with van der Waals surface area (Å²) in [6.07, 6.45) is -0.0174. The molecule has 1 N–H and O–H groups in total. The van der Waals surface area contributed by atoms with Crippen molar-refractivity contribution in [1.82, 2.24) is 5.32 Å². The number of hydrogen-bond donors (Lipinski definition) is 1. The third kappa shape index (κ3) is 6.30. The Balaban J connectivity index is 1.40. The van der Waals surface area contributed by atoms with E-state index in [0.29, 0.717) is 19.6 Å². The van der Waals surface area contributed by atoms with Crippen LogP contribution in [0.4, 0.5) is 10.5 Å². The van der Waals surface area contributed by atoms with Gasteiger partial charge in [-0.15, -0.1) is 0 Å². The van der Waals surface area contributed by atoms with Gasteiger partial charge in [-0.25, -0.2) is 4.79 Å². The number of oxime groups is 1. The summed E-state index contributed by atoms with van der Waals surface area (Å²) < 4.78 is 16.5. The van der Waals surface area contributed by atoms with Gasteiger partial charge in [0.15, 0.2) is 6.10 Å². The Morgan fingerprint density at radius 1 is 1.32 bits per heavy atom. The molecule has 2 heterocycles. The molecule has 2 aliphatic rings. The first-order valence-corrected chi connectivity index (χ1v) is 9.63. The predicted octanol–water partition coefficient (Wildman–Crippen LogP) is 2.57. The van der Waals surface area contributed by atoms with E-state index in [4.69, 9.17) is 19.0 Å². The normalized spacial score (nSPS) is 19.6. The Bertz CT molecular complexity index is 695. The minimum atomic E-state index is -0.524. The first kappa shape index (κ1) is 20.3. The van der Waals surface area contributed by atoms with E-state index in [9.17, 15) is 4.79 Å². The summed E-state index contributed by atoms with van der Waals surface area (Å²) in [4.78, 5) is 19.4. The first-order chi connectivity index (χ1) is 13.4. The van der Waals surface area contributed by atoms with E-state index in [-0.39, 0.29) is 6.10 Å². The second-order valence-corrected chi connectivity index (χ2v) is 7.85. The third-order valence-electron chi connectivity index (χ3n) is 4.26. The standard InChI is InChI=1S/C20H29N3O5/c1-20(2,3)27-19(24)21-13-15-11-18(28-22-15)14-26-17-6-4-5-16(12-17)23-7-9-25-10-8-23/h4-6,12,18H,7-11,13-14H2,1-3H3,(H,21,24). The summed E-state index contributed by atoms with van der Waals surface area (Å²) in [5.41, 5.74) is 1.37. The number of alkyl carbamates (subject to hydrolysis) is 1. The lowest BCUT2D eigenvalue weighted by atomic mass is 10.2. The number of rotatable bonds is 6. The molecule has 28 heavy (non-hydrogen) atoms. The van der Waals surface area contributed by atoms with Gasteiger partial charge in [-0.2, -0.15) is 0 Å². The van der Waals surface area contributed by atoms with Gasteiger partial charge in [0.05, 0.1) is 25.5 Å². The van der Waals surface area contributed by atoms with Crippen LogP contribution in [0.5, 0.6) is 5.75 Å². The molecule has 154 valence electrons. The van der Waals surface area contributed by atoms with E-state index in [2.05, 4.69) is 21.4 Å². The number of nitrogens with zero attached hydrogens (tertiary/aromatic N) is 2. The maximum atomic E-state index is 11.7. The second kappa shape index (κ2) is 9.14. The molecule has 0 saturated carbocycles. The van der Waals surface area contributed by atoms with E-state index in [0.717, 1.165) is 43.5 Å². The molecule has 0 bridgehead atoms. The Morgan fingerprint density at radius 3 is 2.86 bits per heavy atom. The molecule has 1 amide bonds. The molecule has 1 atom stereocenters. The number of amides is 1. The number of carbonyl (C=O) groups excluding carboxylic acids is 1. The quantitative estimate of drug-likeness (QED) is 0.803. The summed E-state index contributed by atoms with van der Waals surface area (Å²) in [6.45, 7) is 9.44. The Labute approximate surface area is 165 Å². The Hall–Kier alpha value is -2.48. The third-order valence-corrected chi connectivity index (χ3v) is 4.26. The molecule has 1 unspecified atom stereocenters. The van der Waals surface area contributed by atoms with Gasteiger partial charge in [0.25, 0.3) is 0 Å². The monoisotopic (exact) mass is 391 g/mol. The van der Waals surface area contributed by atoms with Crippen LogP contribution in [0.2, 0.25) is 0 Å². The van der Waals surface area contributed by atoms with Crippen molar-refractivity contribution in [2.45, 2.75) is 38.9 Å². The van der Waals surface area contributed by atoms with Crippen LogP contribution in [-0.2, 0) is 14.3 Å². The highest BCUT2D eigenvalue weighted by Gasteiger charge is 2.23. The van der Waals surface area contributed by atoms with Crippen LogP contribution in [0, 0.1) is 0 Å². The minimum absolute atomic E-state index is 0.164. The summed E-state index contributed by atoms with van der Waals surface area (Å²) in [6, 6.07) is 8.03. The summed E-state index contributed by atoms with van der Waals surface area (Å²) in [7, 11) is 0. The fourth-order valence-corrected chi connectivity index (χ4v) is 2.95. The number of hydrogen-bond acceptors (Lipinski definition) is 7. The fraction of sp³-hybridized carbons (Fsp3) is 0.600. The van der Waals surface area contributed by atoms with Gasteiger partial charge < -0.3 is 29.3 Å². The van der Waals surface area contributed by atoms with Crippen molar-refractivity contribution in [1.29, 1.82) is 0 Å². The number of carbonyl (C=O) groups is 1. The lowest BCUT2D eigenvalue weighted by Crippen LogP contribution is -2.36. The van der Waals surface area contributed by atoms with E-state index < -0.39 is 11.7 Å². The number of morpholine rings is 1. The van der Waals surface area contributed by atoms with Crippen LogP contribution in [0.3, 0.4) is 0 Å². The fourth-order valence-electron chi connectivity index (χ4n) is 2.95. The molecule has 1 fully saturated rings. The highest BCUT2D eigenvalue weighted by atomic mass is 16.7. The largest absolute Gasteiger partial charge is 0.490 e. The molecule has 0 spiro atoms. The molecular formula is C20H29N3O5. The molecular weight excluding hydrogens is 362 g/mol. The highest BCUT2D eigenvalue weighted by molar-refractivity contribution is 5.89. The van der Waals surface area contributed by atoms with E-state index in [1.54, 1.807) is 0 Å². The van der Waals surface area contributed by atoms with Gasteiger partial charge in [-0.05, 0) is 32.9 Å². The SMILES string of the molecule is CC(C)(C)OC(=O)NCC1=NOC(COc2cccc(N3CCOCC3)c2)C1. The minimum Gasteiger partial charge on any atom is -0.490 e. The van der Waals surface area contributed by atoms with E-state index >= 15 is 0 Å². The molecule has 1 saturated heterocycles. The van der Waals surface area contributed by atoms with Gasteiger partial charge in [0.2, 0.25) is 0 Å². The average Bonchev–Trinajstić information content (AvgIpc) is 3.12. The van der Waals surface area contributed by atoms with Crippen molar-refractivity contribution in [3.8, 4) is 5.75 Å². The summed E-state index contributed by atoms with van der Waals surface area (Å²) >= 11 is 0. The lowest BCUT2D eigenvalue weighted by Gasteiger charge is -2.29. The van der Waals surface area contributed by atoms with E-state index in [1.165, 1.54) is 0 Å². The first-order valence-electron chi connectivity index (χ1n) is 9.63. The molecule has 3 rings (SSSR count). The second-order valence-electron chi connectivity index (χ2n) is 7.85. The van der Waals surface area contributed by atoms with Crippen LogP contribution in [0.15, 0.2) is 29.4 Å². The van der Waals surface area contributed by atoms with Crippen LogP contribution >= 0.6 is 0 Å². The zero-order valence-electron chi connectivity index (χ0n) is 16.8. The van der Waals surface area contributed by atoms with Crippen molar-refractivity contribution >= 4 is 17.5 Å². The van der Waals surface area contributed by atoms with Gasteiger partial charge >= 0.3 is 6.09 Å². The molecule has 0 radical (unpaired) electrons. The van der Waals surface area contributed by atoms with Crippen molar-refractivity contribution < 1.29 is 23.8 Å². The van der Waals surface area contributed by atoms with Gasteiger partial charge in [-0.3, -0.25) is 0 Å². The highest BCUT2D eigenvalue weighted by Crippen LogP contribution is 2.23. The number of benzene rings is 1. The lowest BCUT2D eigenvalue weighted by molar-refractivity contribution is 0.0471. The maximum absolute atomic E-state index is 11.7. The topological polar surface area (TPSA) is 81.6 Å². The summed E-state index contributed by atoms with van der Waals surface area (Å²) in [5, 5.41) is 6.72. The zero-order valence-corrected chi connectivity index (χ0v) is 16.8. The maximum Gasteiger partial charge on any atom is 0.407 e. The molecule has 0 aromatic heterocycles. The van der Waals surface area contributed by atoms with Crippen molar-refractivity contribution in [2.75, 3.05) is 44.4 Å². The smallest absolute Gasteiger partial charge is 0.407 e. The molecule has 1 aromatic carbocycles. The number of anilines is 1. The molecule has 8 heteroatoms. The number of nitrogens with one attached hydrogen (secondary N) is 1. The molecule has 1 aromatic rings. The van der Waals surface area contributed by atoms with Gasteiger partial charge in [0, 0.05) is 31.3 Å². The number of ether oxygens (including phenoxy) is 3. The van der Waals surface area contributed by atoms with Crippen LogP contribution in [-0.4, -0.2) is 63.0 Å². The summed E-state index contributed by atoms with van der Waals surface area (Å²) in [5.74, 6) is 0.799. The predicted molar refractivity (Wildman–Crippen MR) is 106 cm³/mol. The average molecular weight is 391 g/mol. The molecule has 2 aliphatic heterocycles. The van der Waals surface area contributed by atoms with Crippen LogP contribution < -0.4 is 15.0 Å². The van der Waals surface area contributed by atoms with E-state index in [1.807, 2.05) is 39.0 Å². The Kier molecular flexibility index (Phi) is 6.61. The zero-order chi connectivity index (χ0) is 20.0.